The largest absolute Gasteiger partial charge is 0.454 e. The van der Waals surface area contributed by atoms with Gasteiger partial charge < -0.3 is 14.8 Å². The van der Waals surface area contributed by atoms with Crippen molar-refractivity contribution in [2.45, 2.75) is 0 Å². The average molecular weight is 364 g/mol. The van der Waals surface area contributed by atoms with Crippen LogP contribution in [0.1, 0.15) is 5.56 Å². The zero-order valence-corrected chi connectivity index (χ0v) is 12.9. The van der Waals surface area contributed by atoms with Gasteiger partial charge in [-0.25, -0.2) is 4.39 Å². The Morgan fingerprint density at radius 3 is 2.82 bits per heavy atom. The van der Waals surface area contributed by atoms with Gasteiger partial charge in [0, 0.05) is 10.5 Å². The van der Waals surface area contributed by atoms with Gasteiger partial charge >= 0.3 is 0 Å². The lowest BCUT2D eigenvalue weighted by atomic mass is 10.2. The number of nitrogens with one attached hydrogen (secondary N) is 1. The topological polar surface area (TPSA) is 47.6 Å². The van der Waals surface area contributed by atoms with Crippen LogP contribution in [0, 0.1) is 5.82 Å². The Balaban J connectivity index is 1.68. The van der Waals surface area contributed by atoms with Gasteiger partial charge in [-0.15, -0.1) is 0 Å². The smallest absolute Gasteiger partial charge is 0.248 e. The summed E-state index contributed by atoms with van der Waals surface area (Å²) in [5.41, 5.74) is 0.916. The molecule has 0 spiro atoms. The van der Waals surface area contributed by atoms with Crippen molar-refractivity contribution >= 4 is 33.6 Å². The molecule has 0 radical (unpaired) electrons. The number of rotatable bonds is 3. The van der Waals surface area contributed by atoms with E-state index >= 15 is 0 Å². The number of hydrogen-bond donors (Lipinski definition) is 1. The van der Waals surface area contributed by atoms with Crippen LogP contribution in [0.2, 0.25) is 0 Å². The minimum absolute atomic E-state index is 0.128. The summed E-state index contributed by atoms with van der Waals surface area (Å²) in [4.78, 5) is 11.8. The maximum absolute atomic E-state index is 13.6. The fourth-order valence-electron chi connectivity index (χ4n) is 1.95. The van der Waals surface area contributed by atoms with E-state index in [2.05, 4.69) is 21.2 Å². The zero-order valence-electron chi connectivity index (χ0n) is 11.3. The molecule has 0 unspecified atom stereocenters. The molecule has 6 heteroatoms. The summed E-state index contributed by atoms with van der Waals surface area (Å²) in [5, 5.41) is 2.48. The van der Waals surface area contributed by atoms with Crippen molar-refractivity contribution in [3.63, 3.8) is 0 Å². The molecule has 1 heterocycles. The average Bonchev–Trinajstić information content (AvgIpc) is 2.95. The van der Waals surface area contributed by atoms with Gasteiger partial charge in [0.1, 0.15) is 5.82 Å². The third kappa shape index (κ3) is 3.28. The van der Waals surface area contributed by atoms with Crippen molar-refractivity contribution in [1.29, 1.82) is 0 Å². The van der Waals surface area contributed by atoms with E-state index in [4.69, 9.17) is 9.47 Å². The molecule has 112 valence electrons. The molecule has 4 nitrogen and oxygen atoms in total. The molecule has 2 aromatic rings. The molecule has 3 rings (SSSR count). The van der Waals surface area contributed by atoms with Crippen molar-refractivity contribution in [2.24, 2.45) is 0 Å². The highest BCUT2D eigenvalue weighted by Gasteiger charge is 2.12. The maximum Gasteiger partial charge on any atom is 0.248 e. The molecule has 0 aliphatic carbocycles. The number of benzene rings is 2. The predicted octanol–water partition coefficient (Wildman–Crippen LogP) is 3.97. The molecule has 0 bridgehead atoms. The quantitative estimate of drug-likeness (QED) is 0.839. The maximum atomic E-state index is 13.6. The van der Waals surface area contributed by atoms with Gasteiger partial charge in [0.2, 0.25) is 12.7 Å². The molecule has 0 aromatic heterocycles. The van der Waals surface area contributed by atoms with Crippen molar-refractivity contribution < 1.29 is 18.7 Å². The summed E-state index contributed by atoms with van der Waals surface area (Å²) in [6.45, 7) is 0.200. The zero-order chi connectivity index (χ0) is 15.5. The van der Waals surface area contributed by atoms with Crippen LogP contribution in [0.4, 0.5) is 10.1 Å². The SMILES string of the molecule is O=C(/C=C/c1ccc2c(c1)OCO2)Nc1ccc(Br)cc1F. The molecule has 0 saturated heterocycles. The van der Waals surface area contributed by atoms with E-state index < -0.39 is 11.7 Å². The Kier molecular flexibility index (Phi) is 4.11. The van der Waals surface area contributed by atoms with Gasteiger partial charge in [0.25, 0.3) is 0 Å². The van der Waals surface area contributed by atoms with Crippen molar-refractivity contribution in [1.82, 2.24) is 0 Å². The van der Waals surface area contributed by atoms with E-state index in [1.807, 2.05) is 0 Å². The third-order valence-electron chi connectivity index (χ3n) is 3.01. The fourth-order valence-corrected chi connectivity index (χ4v) is 2.29. The van der Waals surface area contributed by atoms with Crippen LogP contribution >= 0.6 is 15.9 Å². The minimum atomic E-state index is -0.501. The van der Waals surface area contributed by atoms with Gasteiger partial charge in [0.05, 0.1) is 5.69 Å². The number of carbonyl (C=O) groups is 1. The summed E-state index contributed by atoms with van der Waals surface area (Å²) >= 11 is 3.16. The second-order valence-electron chi connectivity index (χ2n) is 4.56. The van der Waals surface area contributed by atoms with E-state index in [1.165, 1.54) is 18.2 Å². The number of amides is 1. The van der Waals surface area contributed by atoms with Crippen molar-refractivity contribution in [2.75, 3.05) is 12.1 Å². The highest BCUT2D eigenvalue weighted by Crippen LogP contribution is 2.32. The first-order valence-corrected chi connectivity index (χ1v) is 7.25. The Morgan fingerprint density at radius 2 is 2.00 bits per heavy atom. The lowest BCUT2D eigenvalue weighted by Gasteiger charge is -2.04. The number of anilines is 1. The summed E-state index contributed by atoms with van der Waals surface area (Å²) in [5.74, 6) is 0.401. The van der Waals surface area contributed by atoms with Gasteiger partial charge in [-0.3, -0.25) is 4.79 Å². The van der Waals surface area contributed by atoms with E-state index in [0.717, 1.165) is 5.56 Å². The third-order valence-corrected chi connectivity index (χ3v) is 3.51. The summed E-state index contributed by atoms with van der Waals surface area (Å²) in [6, 6.07) is 9.78. The Bertz CT molecular complexity index is 761. The predicted molar refractivity (Wildman–Crippen MR) is 84.3 cm³/mol. The number of ether oxygens (including phenoxy) is 2. The van der Waals surface area contributed by atoms with Crippen LogP contribution in [0.25, 0.3) is 6.08 Å². The normalized spacial score (nSPS) is 12.6. The van der Waals surface area contributed by atoms with Crippen molar-refractivity contribution in [3.8, 4) is 11.5 Å². The van der Waals surface area contributed by atoms with Crippen LogP contribution in [0.3, 0.4) is 0 Å². The van der Waals surface area contributed by atoms with Crippen LogP contribution < -0.4 is 14.8 Å². The summed E-state index contributed by atoms with van der Waals surface area (Å²) in [7, 11) is 0. The Hall–Kier alpha value is -2.34. The second kappa shape index (κ2) is 6.19. The molecular formula is C16H11BrFNO3. The number of halogens is 2. The number of hydrogen-bond acceptors (Lipinski definition) is 3. The van der Waals surface area contributed by atoms with Crippen LogP contribution in [0.5, 0.6) is 11.5 Å². The van der Waals surface area contributed by atoms with Crippen LogP contribution in [-0.2, 0) is 4.79 Å². The Morgan fingerprint density at radius 1 is 1.18 bits per heavy atom. The lowest BCUT2D eigenvalue weighted by molar-refractivity contribution is -0.111. The van der Waals surface area contributed by atoms with Crippen molar-refractivity contribution in [3.05, 3.63) is 58.3 Å². The highest BCUT2D eigenvalue weighted by atomic mass is 79.9. The minimum Gasteiger partial charge on any atom is -0.454 e. The van der Waals surface area contributed by atoms with E-state index in [1.54, 1.807) is 30.3 Å². The van der Waals surface area contributed by atoms with E-state index in [9.17, 15) is 9.18 Å². The molecule has 0 saturated carbocycles. The molecule has 1 N–H and O–H groups in total. The molecule has 1 aliphatic rings. The standard InChI is InChI=1S/C16H11BrFNO3/c17-11-3-4-13(12(18)8-11)19-16(20)6-2-10-1-5-14-15(7-10)22-9-21-14/h1-8H,9H2,(H,19,20)/b6-2+. The first kappa shape index (κ1) is 14.6. The molecule has 0 fully saturated rings. The second-order valence-corrected chi connectivity index (χ2v) is 5.48. The monoisotopic (exact) mass is 363 g/mol. The molecule has 2 aromatic carbocycles. The first-order valence-electron chi connectivity index (χ1n) is 6.45. The number of carbonyl (C=O) groups excluding carboxylic acids is 1. The van der Waals surface area contributed by atoms with Gasteiger partial charge in [-0.2, -0.15) is 0 Å². The first-order chi connectivity index (χ1) is 10.6. The molecule has 1 amide bonds. The van der Waals surface area contributed by atoms with Gasteiger partial charge in [-0.05, 0) is 42.0 Å². The Labute approximate surface area is 134 Å². The summed E-state index contributed by atoms with van der Waals surface area (Å²) in [6.07, 6.45) is 2.95. The van der Waals surface area contributed by atoms with E-state index in [0.29, 0.717) is 16.0 Å². The van der Waals surface area contributed by atoms with Crippen LogP contribution in [0.15, 0.2) is 46.9 Å². The number of fused-ring (bicyclic) bond motifs is 1. The molecule has 0 atom stereocenters. The fraction of sp³-hybridized carbons (Fsp3) is 0.0625. The van der Waals surface area contributed by atoms with E-state index in [-0.39, 0.29) is 12.5 Å². The molecular weight excluding hydrogens is 353 g/mol. The summed E-state index contributed by atoms with van der Waals surface area (Å²) < 4.78 is 24.7. The van der Waals surface area contributed by atoms with Crippen LogP contribution in [-0.4, -0.2) is 12.7 Å². The lowest BCUT2D eigenvalue weighted by Crippen LogP contribution is -2.09. The molecule has 1 aliphatic heterocycles. The van der Waals surface area contributed by atoms with Gasteiger partial charge in [0.15, 0.2) is 11.5 Å². The molecule has 22 heavy (non-hydrogen) atoms. The van der Waals surface area contributed by atoms with Gasteiger partial charge in [-0.1, -0.05) is 22.0 Å². The highest BCUT2D eigenvalue weighted by molar-refractivity contribution is 9.10.